The minimum atomic E-state index is 0.840. The van der Waals surface area contributed by atoms with E-state index >= 15 is 0 Å². The van der Waals surface area contributed by atoms with Crippen molar-refractivity contribution < 1.29 is 4.52 Å². The van der Waals surface area contributed by atoms with Gasteiger partial charge in [0.2, 0.25) is 0 Å². The molecule has 0 radical (unpaired) electrons. The van der Waals surface area contributed by atoms with Crippen molar-refractivity contribution in [1.82, 2.24) is 20.0 Å². The maximum atomic E-state index is 4.90. The summed E-state index contributed by atoms with van der Waals surface area (Å²) in [5.41, 5.74) is 4.02. The average Bonchev–Trinajstić information content (AvgIpc) is 3.08. The van der Waals surface area contributed by atoms with E-state index in [1.165, 1.54) is 0 Å². The number of hydrogen-bond acceptors (Lipinski definition) is 6. The Morgan fingerprint density at radius 2 is 2.00 bits per heavy atom. The van der Waals surface area contributed by atoms with Gasteiger partial charge in [0.05, 0.1) is 16.9 Å². The molecule has 0 amide bonds. The van der Waals surface area contributed by atoms with Crippen molar-refractivity contribution in [3.63, 3.8) is 0 Å². The summed E-state index contributed by atoms with van der Waals surface area (Å²) in [7, 11) is 0. The van der Waals surface area contributed by atoms with Crippen LogP contribution in [-0.4, -0.2) is 46.2 Å². The predicted octanol–water partition coefficient (Wildman–Crippen LogP) is 2.70. The average molecular weight is 374 g/mol. The first kappa shape index (κ1) is 14.6. The first-order chi connectivity index (χ1) is 11.3. The smallest absolute Gasteiger partial charge is 0.124 e. The SMILES string of the molecule is Brc1cnc2c(N3CCN(Cc4ccon4)CC3)ccnc2c1. The lowest BCUT2D eigenvalue weighted by Crippen LogP contribution is -2.46. The molecule has 1 aliphatic heterocycles. The van der Waals surface area contributed by atoms with Gasteiger partial charge in [0.15, 0.2) is 0 Å². The van der Waals surface area contributed by atoms with Crippen molar-refractivity contribution in [2.24, 2.45) is 0 Å². The van der Waals surface area contributed by atoms with E-state index in [0.29, 0.717) is 0 Å². The number of aromatic nitrogens is 3. The van der Waals surface area contributed by atoms with Crippen LogP contribution in [0.5, 0.6) is 0 Å². The Hall–Kier alpha value is -1.99. The van der Waals surface area contributed by atoms with E-state index in [9.17, 15) is 0 Å². The molecule has 0 spiro atoms. The Balaban J connectivity index is 1.50. The lowest BCUT2D eigenvalue weighted by atomic mass is 10.2. The molecule has 0 aromatic carbocycles. The van der Waals surface area contributed by atoms with Crippen LogP contribution in [0.1, 0.15) is 5.69 Å². The van der Waals surface area contributed by atoms with E-state index in [4.69, 9.17) is 4.52 Å². The summed E-state index contributed by atoms with van der Waals surface area (Å²) >= 11 is 3.45. The number of halogens is 1. The zero-order valence-corrected chi connectivity index (χ0v) is 14.1. The summed E-state index contributed by atoms with van der Waals surface area (Å²) in [4.78, 5) is 13.7. The van der Waals surface area contributed by atoms with Crippen LogP contribution in [0.25, 0.3) is 11.0 Å². The van der Waals surface area contributed by atoms with E-state index in [0.717, 1.165) is 59.6 Å². The molecule has 4 heterocycles. The van der Waals surface area contributed by atoms with Gasteiger partial charge in [-0.05, 0) is 28.1 Å². The molecule has 1 saturated heterocycles. The van der Waals surface area contributed by atoms with Crippen LogP contribution < -0.4 is 4.90 Å². The first-order valence-electron chi connectivity index (χ1n) is 7.56. The van der Waals surface area contributed by atoms with Crippen LogP contribution in [0.3, 0.4) is 0 Å². The molecule has 1 fully saturated rings. The number of fused-ring (bicyclic) bond motifs is 1. The number of hydrogen-bond donors (Lipinski definition) is 0. The summed E-state index contributed by atoms with van der Waals surface area (Å²) in [6, 6.07) is 5.98. The normalized spacial score (nSPS) is 16.1. The zero-order valence-electron chi connectivity index (χ0n) is 12.5. The molecule has 23 heavy (non-hydrogen) atoms. The van der Waals surface area contributed by atoms with Gasteiger partial charge in [-0.25, -0.2) is 0 Å². The Labute approximate surface area is 142 Å². The van der Waals surface area contributed by atoms with Crippen LogP contribution in [0, 0.1) is 0 Å². The van der Waals surface area contributed by atoms with E-state index in [2.05, 4.69) is 46.9 Å². The van der Waals surface area contributed by atoms with Crippen molar-refractivity contribution in [1.29, 1.82) is 0 Å². The molecule has 0 N–H and O–H groups in total. The molecule has 0 aliphatic carbocycles. The van der Waals surface area contributed by atoms with Crippen molar-refractivity contribution >= 4 is 32.7 Å². The monoisotopic (exact) mass is 373 g/mol. The van der Waals surface area contributed by atoms with Gasteiger partial charge >= 0.3 is 0 Å². The minimum Gasteiger partial charge on any atom is -0.367 e. The Kier molecular flexibility index (Phi) is 3.97. The van der Waals surface area contributed by atoms with Crippen molar-refractivity contribution in [3.8, 4) is 0 Å². The fourth-order valence-electron chi connectivity index (χ4n) is 2.94. The second kappa shape index (κ2) is 6.25. The highest BCUT2D eigenvalue weighted by Crippen LogP contribution is 2.26. The number of rotatable bonds is 3. The zero-order chi connectivity index (χ0) is 15.6. The first-order valence-corrected chi connectivity index (χ1v) is 8.36. The number of pyridine rings is 2. The fraction of sp³-hybridized carbons (Fsp3) is 0.312. The van der Waals surface area contributed by atoms with Gasteiger partial charge in [-0.2, -0.15) is 0 Å². The molecule has 3 aromatic heterocycles. The highest BCUT2D eigenvalue weighted by molar-refractivity contribution is 9.10. The molecule has 118 valence electrons. The summed E-state index contributed by atoms with van der Waals surface area (Å²) in [5.74, 6) is 0. The second-order valence-electron chi connectivity index (χ2n) is 5.61. The third kappa shape index (κ3) is 3.07. The Morgan fingerprint density at radius 3 is 2.78 bits per heavy atom. The van der Waals surface area contributed by atoms with E-state index < -0.39 is 0 Å². The molecule has 0 bridgehead atoms. The number of anilines is 1. The van der Waals surface area contributed by atoms with Gasteiger partial charge in [-0.1, -0.05) is 5.16 Å². The van der Waals surface area contributed by atoms with Crippen molar-refractivity contribution in [2.45, 2.75) is 6.54 Å². The topological polar surface area (TPSA) is 58.3 Å². The highest BCUT2D eigenvalue weighted by atomic mass is 79.9. The summed E-state index contributed by atoms with van der Waals surface area (Å²) in [5, 5.41) is 3.98. The van der Waals surface area contributed by atoms with Gasteiger partial charge < -0.3 is 9.42 Å². The lowest BCUT2D eigenvalue weighted by molar-refractivity contribution is 0.242. The quantitative estimate of drug-likeness (QED) is 0.703. The molecule has 6 nitrogen and oxygen atoms in total. The van der Waals surface area contributed by atoms with Crippen LogP contribution in [-0.2, 0) is 6.54 Å². The molecule has 4 rings (SSSR count). The standard InChI is InChI=1S/C16H16BrN5O/c17-12-9-14-16(19-10-12)15(1-3-18-14)22-6-4-21(5-7-22)11-13-2-8-23-20-13/h1-3,8-10H,4-7,11H2. The molecule has 1 aliphatic rings. The predicted molar refractivity (Wildman–Crippen MR) is 91.2 cm³/mol. The Bertz CT molecular complexity index is 799. The summed E-state index contributed by atoms with van der Waals surface area (Å²) in [6.45, 7) is 4.76. The molecule has 0 atom stereocenters. The van der Waals surface area contributed by atoms with Gasteiger partial charge in [-0.3, -0.25) is 14.9 Å². The highest BCUT2D eigenvalue weighted by Gasteiger charge is 2.20. The third-order valence-electron chi connectivity index (χ3n) is 4.11. The summed E-state index contributed by atoms with van der Waals surface area (Å²) < 4.78 is 5.85. The maximum Gasteiger partial charge on any atom is 0.124 e. The van der Waals surface area contributed by atoms with Crippen LogP contribution in [0.2, 0.25) is 0 Å². The van der Waals surface area contributed by atoms with Crippen LogP contribution in [0.15, 0.2) is 45.9 Å². The molecule has 3 aromatic rings. The number of piperazine rings is 1. The van der Waals surface area contributed by atoms with Gasteiger partial charge in [0.1, 0.15) is 11.8 Å². The molecular formula is C16H16BrN5O. The molecule has 7 heteroatoms. The third-order valence-corrected chi connectivity index (χ3v) is 4.55. The largest absolute Gasteiger partial charge is 0.367 e. The molecular weight excluding hydrogens is 358 g/mol. The number of nitrogens with zero attached hydrogens (tertiary/aromatic N) is 5. The second-order valence-corrected chi connectivity index (χ2v) is 6.52. The van der Waals surface area contributed by atoms with E-state index in [1.807, 2.05) is 24.5 Å². The van der Waals surface area contributed by atoms with Crippen molar-refractivity contribution in [2.75, 3.05) is 31.1 Å². The van der Waals surface area contributed by atoms with Crippen LogP contribution in [0.4, 0.5) is 5.69 Å². The maximum absolute atomic E-state index is 4.90. The molecule has 0 saturated carbocycles. The van der Waals surface area contributed by atoms with Gasteiger partial charge in [-0.15, -0.1) is 0 Å². The van der Waals surface area contributed by atoms with Crippen molar-refractivity contribution in [3.05, 3.63) is 47.0 Å². The van der Waals surface area contributed by atoms with Crippen LogP contribution >= 0.6 is 15.9 Å². The lowest BCUT2D eigenvalue weighted by Gasteiger charge is -2.35. The van der Waals surface area contributed by atoms with E-state index in [-0.39, 0.29) is 0 Å². The minimum absolute atomic E-state index is 0.840. The Morgan fingerprint density at radius 1 is 1.13 bits per heavy atom. The van der Waals surface area contributed by atoms with Gasteiger partial charge in [0, 0.05) is 55.7 Å². The van der Waals surface area contributed by atoms with E-state index in [1.54, 1.807) is 6.26 Å². The molecule has 0 unspecified atom stereocenters. The van der Waals surface area contributed by atoms with Gasteiger partial charge in [0.25, 0.3) is 0 Å². The summed E-state index contributed by atoms with van der Waals surface area (Å²) in [6.07, 6.45) is 5.31. The fourth-order valence-corrected chi connectivity index (χ4v) is 3.26.